The van der Waals surface area contributed by atoms with E-state index in [9.17, 15) is 14.4 Å². The van der Waals surface area contributed by atoms with Crippen molar-refractivity contribution >= 4 is 34.2 Å². The van der Waals surface area contributed by atoms with Crippen LogP contribution in [-0.2, 0) is 22.5 Å². The van der Waals surface area contributed by atoms with E-state index in [0.29, 0.717) is 42.4 Å². The second kappa shape index (κ2) is 8.95. The first-order chi connectivity index (χ1) is 13.9. The molecule has 0 aliphatic carbocycles. The summed E-state index contributed by atoms with van der Waals surface area (Å²) in [5.74, 6) is -0.424. The highest BCUT2D eigenvalue weighted by molar-refractivity contribution is 7.17. The molecule has 29 heavy (non-hydrogen) atoms. The minimum absolute atomic E-state index is 0.196. The molecule has 0 atom stereocenters. The van der Waals surface area contributed by atoms with E-state index in [0.717, 1.165) is 16.0 Å². The van der Waals surface area contributed by atoms with Crippen LogP contribution in [0.4, 0.5) is 9.80 Å². The van der Waals surface area contributed by atoms with E-state index in [1.807, 2.05) is 19.1 Å². The largest absolute Gasteiger partial charge is 0.484 e. The van der Waals surface area contributed by atoms with Crippen molar-refractivity contribution in [1.82, 2.24) is 4.90 Å². The van der Waals surface area contributed by atoms with Gasteiger partial charge in [-0.3, -0.25) is 9.59 Å². The van der Waals surface area contributed by atoms with Crippen LogP contribution < -0.4 is 15.8 Å². The number of carbonyl (C=O) groups is 3. The number of hydrogen-bond donors (Lipinski definition) is 2. The molecule has 1 aromatic carbocycles. The lowest BCUT2D eigenvalue weighted by atomic mass is 10.0. The monoisotopic (exact) mass is 417 g/mol. The summed E-state index contributed by atoms with van der Waals surface area (Å²) in [6, 6.07) is 7.35. The van der Waals surface area contributed by atoms with Crippen LogP contribution in [0.5, 0.6) is 5.75 Å². The van der Waals surface area contributed by atoms with E-state index >= 15 is 0 Å². The van der Waals surface area contributed by atoms with Gasteiger partial charge in [0.05, 0.1) is 18.7 Å². The zero-order valence-electron chi connectivity index (χ0n) is 16.3. The first kappa shape index (κ1) is 20.7. The number of primary amides is 1. The van der Waals surface area contributed by atoms with Crippen LogP contribution in [-0.4, -0.2) is 42.6 Å². The molecule has 0 radical (unpaired) electrons. The minimum atomic E-state index is -0.609. The molecule has 3 N–H and O–H groups in total. The summed E-state index contributed by atoms with van der Waals surface area (Å²) in [7, 11) is 0. The van der Waals surface area contributed by atoms with Crippen LogP contribution in [0.1, 0.15) is 33.3 Å². The molecule has 0 spiro atoms. The fraction of sp³-hybridized carbons (Fsp3) is 0.350. The average molecular weight is 417 g/mol. The fourth-order valence-corrected chi connectivity index (χ4v) is 4.35. The van der Waals surface area contributed by atoms with Gasteiger partial charge in [0, 0.05) is 11.4 Å². The number of benzene rings is 1. The molecule has 3 amide bonds. The van der Waals surface area contributed by atoms with Gasteiger partial charge in [0.15, 0.2) is 6.61 Å². The summed E-state index contributed by atoms with van der Waals surface area (Å²) in [4.78, 5) is 38.7. The number of hydrogen-bond acceptors (Lipinski definition) is 6. The van der Waals surface area contributed by atoms with Crippen LogP contribution in [0.15, 0.2) is 24.3 Å². The van der Waals surface area contributed by atoms with Crippen LogP contribution in [0, 0.1) is 6.92 Å². The summed E-state index contributed by atoms with van der Waals surface area (Å²) >= 11 is 1.24. The lowest BCUT2D eigenvalue weighted by molar-refractivity contribution is -0.118. The number of nitrogens with two attached hydrogens (primary N) is 1. The summed E-state index contributed by atoms with van der Waals surface area (Å²) < 4.78 is 10.5. The summed E-state index contributed by atoms with van der Waals surface area (Å²) in [6.45, 7) is 4.54. The van der Waals surface area contributed by atoms with Gasteiger partial charge >= 0.3 is 6.09 Å². The average Bonchev–Trinajstić information content (AvgIpc) is 3.04. The highest BCUT2D eigenvalue weighted by atomic mass is 32.1. The van der Waals surface area contributed by atoms with Crippen molar-refractivity contribution in [3.8, 4) is 5.75 Å². The molecule has 154 valence electrons. The summed E-state index contributed by atoms with van der Waals surface area (Å²) in [6.07, 6.45) is 0.0721. The Labute approximate surface area is 172 Å². The van der Waals surface area contributed by atoms with E-state index in [1.54, 1.807) is 24.0 Å². The van der Waals surface area contributed by atoms with Gasteiger partial charge in [-0.2, -0.15) is 0 Å². The van der Waals surface area contributed by atoms with Gasteiger partial charge in [0.1, 0.15) is 10.8 Å². The first-order valence-electron chi connectivity index (χ1n) is 9.24. The van der Waals surface area contributed by atoms with Crippen molar-refractivity contribution in [2.75, 3.05) is 25.1 Å². The minimum Gasteiger partial charge on any atom is -0.484 e. The van der Waals surface area contributed by atoms with Gasteiger partial charge < -0.3 is 25.4 Å². The molecular formula is C20H23N3O5S. The fourth-order valence-electron chi connectivity index (χ4n) is 3.07. The third-order valence-corrected chi connectivity index (χ3v) is 5.61. The molecule has 1 aliphatic heterocycles. The Morgan fingerprint density at radius 2 is 1.97 bits per heavy atom. The standard InChI is InChI=1S/C20H23N3O5S/c1-3-27-20(26)23-9-8-14-15(10-23)29-19(17(14)18(21)25)22-16(24)11-28-13-6-4-12(2)5-7-13/h4-7H,3,8-11H2,1-2H3,(H2,21,25)(H,22,24). The van der Waals surface area contributed by atoms with Crippen molar-refractivity contribution < 1.29 is 23.9 Å². The third kappa shape index (κ3) is 4.86. The molecule has 2 heterocycles. The Morgan fingerprint density at radius 3 is 2.62 bits per heavy atom. The molecule has 9 heteroatoms. The number of aryl methyl sites for hydroxylation is 1. The van der Waals surface area contributed by atoms with Crippen molar-refractivity contribution in [2.24, 2.45) is 5.73 Å². The molecule has 2 aromatic rings. The van der Waals surface area contributed by atoms with Gasteiger partial charge in [-0.25, -0.2) is 4.79 Å². The van der Waals surface area contributed by atoms with Crippen molar-refractivity contribution in [2.45, 2.75) is 26.8 Å². The molecule has 8 nitrogen and oxygen atoms in total. The predicted molar refractivity (Wildman–Crippen MR) is 109 cm³/mol. The predicted octanol–water partition coefficient (Wildman–Crippen LogP) is 2.69. The second-order valence-corrected chi connectivity index (χ2v) is 7.70. The molecule has 0 bridgehead atoms. The number of nitrogens with one attached hydrogen (secondary N) is 1. The molecular weight excluding hydrogens is 394 g/mol. The highest BCUT2D eigenvalue weighted by Crippen LogP contribution is 2.37. The van der Waals surface area contributed by atoms with Crippen LogP contribution in [0.25, 0.3) is 0 Å². The van der Waals surface area contributed by atoms with Crippen molar-refractivity contribution in [1.29, 1.82) is 0 Å². The Balaban J connectivity index is 1.70. The number of carbonyl (C=O) groups excluding carboxylic acids is 3. The van der Waals surface area contributed by atoms with Crippen molar-refractivity contribution in [3.05, 3.63) is 45.8 Å². The van der Waals surface area contributed by atoms with E-state index in [1.165, 1.54) is 11.3 Å². The van der Waals surface area contributed by atoms with E-state index in [4.69, 9.17) is 15.2 Å². The van der Waals surface area contributed by atoms with Gasteiger partial charge in [-0.15, -0.1) is 11.3 Å². The van der Waals surface area contributed by atoms with E-state index in [-0.39, 0.29) is 6.61 Å². The molecule has 0 saturated heterocycles. The maximum atomic E-state index is 12.3. The van der Waals surface area contributed by atoms with Crippen LogP contribution in [0.2, 0.25) is 0 Å². The molecule has 1 aliphatic rings. The number of rotatable bonds is 6. The lowest BCUT2D eigenvalue weighted by Crippen LogP contribution is -2.36. The number of fused-ring (bicyclic) bond motifs is 1. The topological polar surface area (TPSA) is 111 Å². The maximum absolute atomic E-state index is 12.3. The highest BCUT2D eigenvalue weighted by Gasteiger charge is 2.30. The number of thiophene rings is 1. The first-order valence-corrected chi connectivity index (χ1v) is 10.1. The smallest absolute Gasteiger partial charge is 0.410 e. The zero-order chi connectivity index (χ0) is 21.0. The Morgan fingerprint density at radius 1 is 1.24 bits per heavy atom. The van der Waals surface area contributed by atoms with Gasteiger partial charge in [0.25, 0.3) is 11.8 Å². The third-order valence-electron chi connectivity index (χ3n) is 4.47. The van der Waals surface area contributed by atoms with E-state index < -0.39 is 17.9 Å². The number of nitrogens with zero attached hydrogens (tertiary/aromatic N) is 1. The maximum Gasteiger partial charge on any atom is 0.410 e. The number of amides is 3. The molecule has 3 rings (SSSR count). The Hall–Kier alpha value is -3.07. The molecule has 0 saturated carbocycles. The van der Waals surface area contributed by atoms with Gasteiger partial charge in [-0.1, -0.05) is 17.7 Å². The normalized spacial score (nSPS) is 12.8. The second-order valence-electron chi connectivity index (χ2n) is 6.59. The van der Waals surface area contributed by atoms with Crippen LogP contribution >= 0.6 is 11.3 Å². The van der Waals surface area contributed by atoms with E-state index in [2.05, 4.69) is 5.32 Å². The lowest BCUT2D eigenvalue weighted by Gasteiger charge is -2.26. The quantitative estimate of drug-likeness (QED) is 0.751. The molecule has 0 unspecified atom stereocenters. The summed E-state index contributed by atoms with van der Waals surface area (Å²) in [5.41, 5.74) is 7.73. The number of anilines is 1. The molecule has 1 aromatic heterocycles. The van der Waals surface area contributed by atoms with Gasteiger partial charge in [-0.05, 0) is 38.0 Å². The number of ether oxygens (including phenoxy) is 2. The van der Waals surface area contributed by atoms with Crippen molar-refractivity contribution in [3.63, 3.8) is 0 Å². The van der Waals surface area contributed by atoms with Gasteiger partial charge in [0.2, 0.25) is 0 Å². The Bertz CT molecular complexity index is 923. The molecule has 0 fully saturated rings. The van der Waals surface area contributed by atoms with Crippen LogP contribution in [0.3, 0.4) is 0 Å². The zero-order valence-corrected chi connectivity index (χ0v) is 17.1. The summed E-state index contributed by atoms with van der Waals surface area (Å²) in [5, 5.41) is 3.10. The SMILES string of the molecule is CCOC(=O)N1CCc2c(sc(NC(=O)COc3ccc(C)cc3)c2C(N)=O)C1. The Kier molecular flexibility index (Phi) is 6.38.